The van der Waals surface area contributed by atoms with Crippen LogP contribution in [0.15, 0.2) is 0 Å². The largest absolute Gasteiger partial charge is 0.465 e. The summed E-state index contributed by atoms with van der Waals surface area (Å²) in [6.45, 7) is 2.21. The predicted molar refractivity (Wildman–Crippen MR) is 51.4 cm³/mol. The fourth-order valence-corrected chi connectivity index (χ4v) is 2.94. The van der Waals surface area contributed by atoms with Gasteiger partial charge in [0.05, 0.1) is 18.6 Å². The highest BCUT2D eigenvalue weighted by atomic mass is 16.6. The molecule has 0 saturated carbocycles. The van der Waals surface area contributed by atoms with Gasteiger partial charge in [-0.1, -0.05) is 6.92 Å². The van der Waals surface area contributed by atoms with Gasteiger partial charge < -0.3 is 14.2 Å². The van der Waals surface area contributed by atoms with Crippen molar-refractivity contribution in [2.45, 2.75) is 38.1 Å². The molecule has 5 heteroatoms. The number of carbonyl (C=O) groups is 2. The van der Waals surface area contributed by atoms with Crippen molar-refractivity contribution in [1.82, 2.24) is 0 Å². The number of ether oxygens (including phenoxy) is 3. The lowest BCUT2D eigenvalue weighted by molar-refractivity contribution is -0.156. The topological polar surface area (TPSA) is 61.8 Å². The number of rotatable bonds is 2. The molecule has 0 amide bonds. The zero-order valence-corrected chi connectivity index (χ0v) is 9.05. The average molecular weight is 226 g/mol. The van der Waals surface area contributed by atoms with E-state index in [1.165, 1.54) is 0 Å². The van der Waals surface area contributed by atoms with E-state index in [0.29, 0.717) is 19.4 Å². The van der Waals surface area contributed by atoms with Crippen LogP contribution in [0.4, 0.5) is 0 Å². The van der Waals surface area contributed by atoms with E-state index >= 15 is 0 Å². The zero-order chi connectivity index (χ0) is 11.3. The first kappa shape index (κ1) is 10.1. The van der Waals surface area contributed by atoms with Crippen molar-refractivity contribution in [2.75, 3.05) is 6.61 Å². The maximum atomic E-state index is 11.5. The minimum Gasteiger partial charge on any atom is -0.465 e. The summed E-state index contributed by atoms with van der Waals surface area (Å²) in [5.74, 6) is -0.471. The Morgan fingerprint density at radius 2 is 2.38 bits per heavy atom. The molecule has 0 aliphatic carbocycles. The third-order valence-electron chi connectivity index (χ3n) is 3.72. The van der Waals surface area contributed by atoms with Crippen LogP contribution in [0.5, 0.6) is 0 Å². The predicted octanol–water partition coefficient (Wildman–Crippen LogP) is 0.268. The lowest BCUT2D eigenvalue weighted by atomic mass is 9.80. The standard InChI is InChI=1S/C11H14O5/c1-2-8(12)15-7-3-6-5-4-14-11(13)9(5)10(7)16-6/h5-7,9-10H,2-4H2,1H3. The van der Waals surface area contributed by atoms with Crippen LogP contribution < -0.4 is 0 Å². The van der Waals surface area contributed by atoms with E-state index in [-0.39, 0.29) is 42.1 Å². The van der Waals surface area contributed by atoms with E-state index in [1.807, 2.05) is 0 Å². The molecule has 0 aromatic heterocycles. The Morgan fingerprint density at radius 3 is 3.12 bits per heavy atom. The van der Waals surface area contributed by atoms with Crippen LogP contribution in [0.25, 0.3) is 0 Å². The van der Waals surface area contributed by atoms with Crippen molar-refractivity contribution in [3.8, 4) is 0 Å². The summed E-state index contributed by atoms with van der Waals surface area (Å²) in [4.78, 5) is 22.7. The second-order valence-corrected chi connectivity index (χ2v) is 4.58. The van der Waals surface area contributed by atoms with E-state index < -0.39 is 0 Å². The van der Waals surface area contributed by atoms with Gasteiger partial charge in [-0.2, -0.15) is 0 Å². The molecule has 3 aliphatic rings. The van der Waals surface area contributed by atoms with Crippen molar-refractivity contribution in [3.63, 3.8) is 0 Å². The lowest BCUT2D eigenvalue weighted by Crippen LogP contribution is -2.39. The molecule has 0 aromatic carbocycles. The van der Waals surface area contributed by atoms with Gasteiger partial charge in [0.25, 0.3) is 0 Å². The molecule has 88 valence electrons. The minimum absolute atomic E-state index is 0.0242. The Bertz CT molecular complexity index is 339. The summed E-state index contributed by atoms with van der Waals surface area (Å²) in [6.07, 6.45) is 0.543. The summed E-state index contributed by atoms with van der Waals surface area (Å²) in [7, 11) is 0. The Labute approximate surface area is 93.0 Å². The molecule has 0 spiro atoms. The molecule has 0 radical (unpaired) electrons. The second kappa shape index (κ2) is 3.45. The van der Waals surface area contributed by atoms with Gasteiger partial charge in [-0.3, -0.25) is 9.59 Å². The molecule has 3 rings (SSSR count). The van der Waals surface area contributed by atoms with E-state index in [4.69, 9.17) is 14.2 Å². The first-order valence-electron chi connectivity index (χ1n) is 5.72. The fraction of sp³-hybridized carbons (Fsp3) is 0.818. The van der Waals surface area contributed by atoms with Crippen molar-refractivity contribution in [2.24, 2.45) is 11.8 Å². The van der Waals surface area contributed by atoms with Crippen LogP contribution in [-0.4, -0.2) is 36.9 Å². The van der Waals surface area contributed by atoms with Crippen LogP contribution in [0.1, 0.15) is 19.8 Å². The molecule has 5 nitrogen and oxygen atoms in total. The molecule has 3 saturated heterocycles. The number of hydrogen-bond donors (Lipinski definition) is 0. The van der Waals surface area contributed by atoms with Gasteiger partial charge in [-0.25, -0.2) is 0 Å². The van der Waals surface area contributed by atoms with Gasteiger partial charge in [-0.15, -0.1) is 0 Å². The SMILES string of the molecule is CCC(=O)OC1CC2OC1C1C(=O)OCC21. The van der Waals surface area contributed by atoms with Gasteiger partial charge in [-0.05, 0) is 0 Å². The van der Waals surface area contributed by atoms with Crippen LogP contribution in [0.3, 0.4) is 0 Å². The lowest BCUT2D eigenvalue weighted by Gasteiger charge is -2.24. The maximum Gasteiger partial charge on any atom is 0.312 e. The van der Waals surface area contributed by atoms with E-state index in [1.54, 1.807) is 6.92 Å². The Morgan fingerprint density at radius 1 is 1.56 bits per heavy atom. The van der Waals surface area contributed by atoms with E-state index in [9.17, 15) is 9.59 Å². The van der Waals surface area contributed by atoms with Crippen LogP contribution in [0, 0.1) is 11.8 Å². The Kier molecular flexibility index (Phi) is 2.17. The molecule has 3 fully saturated rings. The van der Waals surface area contributed by atoms with Crippen molar-refractivity contribution in [1.29, 1.82) is 0 Å². The van der Waals surface area contributed by atoms with Crippen LogP contribution in [0.2, 0.25) is 0 Å². The molecule has 5 atom stereocenters. The van der Waals surface area contributed by atoms with Gasteiger partial charge in [0.15, 0.2) is 0 Å². The van der Waals surface area contributed by atoms with E-state index in [0.717, 1.165) is 0 Å². The highest BCUT2D eigenvalue weighted by molar-refractivity contribution is 5.77. The summed E-state index contributed by atoms with van der Waals surface area (Å²) >= 11 is 0. The first-order valence-corrected chi connectivity index (χ1v) is 5.72. The van der Waals surface area contributed by atoms with Crippen LogP contribution in [-0.2, 0) is 23.8 Å². The Hall–Kier alpha value is -1.10. The fourth-order valence-electron chi connectivity index (χ4n) is 2.94. The third-order valence-corrected chi connectivity index (χ3v) is 3.72. The molecular formula is C11H14O5. The molecule has 5 unspecified atom stereocenters. The smallest absolute Gasteiger partial charge is 0.312 e. The molecule has 3 heterocycles. The molecule has 0 aromatic rings. The normalized spacial score (nSPS) is 44.3. The quantitative estimate of drug-likeness (QED) is 0.632. The highest BCUT2D eigenvalue weighted by Gasteiger charge is 2.61. The summed E-state index contributed by atoms with van der Waals surface area (Å²) in [5, 5.41) is 0. The summed E-state index contributed by atoms with van der Waals surface area (Å²) in [5.41, 5.74) is 0. The third kappa shape index (κ3) is 1.27. The van der Waals surface area contributed by atoms with Crippen molar-refractivity contribution < 1.29 is 23.8 Å². The van der Waals surface area contributed by atoms with E-state index in [2.05, 4.69) is 0 Å². The number of carbonyl (C=O) groups excluding carboxylic acids is 2. The van der Waals surface area contributed by atoms with Gasteiger partial charge in [0.2, 0.25) is 0 Å². The molecule has 2 bridgehead atoms. The Balaban J connectivity index is 1.73. The van der Waals surface area contributed by atoms with Crippen molar-refractivity contribution in [3.05, 3.63) is 0 Å². The van der Waals surface area contributed by atoms with Crippen molar-refractivity contribution >= 4 is 11.9 Å². The second-order valence-electron chi connectivity index (χ2n) is 4.58. The molecule has 16 heavy (non-hydrogen) atoms. The van der Waals surface area contributed by atoms with Gasteiger partial charge in [0, 0.05) is 18.8 Å². The van der Waals surface area contributed by atoms with Crippen LogP contribution >= 0.6 is 0 Å². The first-order chi connectivity index (χ1) is 7.70. The monoisotopic (exact) mass is 226 g/mol. The number of cyclic esters (lactones) is 1. The highest BCUT2D eigenvalue weighted by Crippen LogP contribution is 2.48. The van der Waals surface area contributed by atoms with Gasteiger partial charge >= 0.3 is 11.9 Å². The number of esters is 2. The molecule has 0 N–H and O–H groups in total. The summed E-state index contributed by atoms with van der Waals surface area (Å²) in [6, 6.07) is 0. The number of fused-ring (bicyclic) bond motifs is 5. The van der Waals surface area contributed by atoms with Gasteiger partial charge in [0.1, 0.15) is 12.2 Å². The summed E-state index contributed by atoms with van der Waals surface area (Å²) < 4.78 is 16.0. The maximum absolute atomic E-state index is 11.5. The zero-order valence-electron chi connectivity index (χ0n) is 9.05. The molecular weight excluding hydrogens is 212 g/mol. The minimum atomic E-state index is -0.277. The average Bonchev–Trinajstić information content (AvgIpc) is 2.91. The number of hydrogen-bond acceptors (Lipinski definition) is 5. The molecule has 3 aliphatic heterocycles.